The van der Waals surface area contributed by atoms with E-state index in [9.17, 15) is 4.79 Å². The van der Waals surface area contributed by atoms with Crippen molar-refractivity contribution in [2.24, 2.45) is 0 Å². The van der Waals surface area contributed by atoms with E-state index in [1.54, 1.807) is 0 Å². The van der Waals surface area contributed by atoms with Crippen molar-refractivity contribution in [1.82, 2.24) is 4.90 Å². The molecule has 0 saturated carbocycles. The van der Waals surface area contributed by atoms with E-state index in [1.165, 1.54) is 31.5 Å². The standard InChI is InChI=1S/C24H24N2O2/c27-24(20-10-8-19(9-11-20)18-26-16-4-5-17-26)25-21-12-14-23(15-13-21)28-22-6-2-1-3-7-22/h1-3,6-15H,4-5,16-18H2,(H,25,27). The summed E-state index contributed by atoms with van der Waals surface area (Å²) in [5.41, 5.74) is 2.65. The van der Waals surface area contributed by atoms with Crippen LogP contribution in [-0.2, 0) is 6.54 Å². The number of hydrogen-bond donors (Lipinski definition) is 1. The van der Waals surface area contributed by atoms with Gasteiger partial charge in [0.05, 0.1) is 0 Å². The smallest absolute Gasteiger partial charge is 0.255 e. The summed E-state index contributed by atoms with van der Waals surface area (Å²) in [6, 6.07) is 24.9. The highest BCUT2D eigenvalue weighted by molar-refractivity contribution is 6.04. The normalized spacial score (nSPS) is 14.0. The van der Waals surface area contributed by atoms with E-state index in [4.69, 9.17) is 4.74 Å². The van der Waals surface area contributed by atoms with Gasteiger partial charge in [-0.15, -0.1) is 0 Å². The van der Waals surface area contributed by atoms with E-state index >= 15 is 0 Å². The van der Waals surface area contributed by atoms with Crippen molar-refractivity contribution in [2.75, 3.05) is 18.4 Å². The summed E-state index contributed by atoms with van der Waals surface area (Å²) in [5.74, 6) is 1.41. The Kier molecular flexibility index (Phi) is 5.69. The number of rotatable bonds is 6. The van der Waals surface area contributed by atoms with Crippen LogP contribution in [0.3, 0.4) is 0 Å². The lowest BCUT2D eigenvalue weighted by Gasteiger charge is -2.14. The van der Waals surface area contributed by atoms with Crippen LogP contribution in [0.1, 0.15) is 28.8 Å². The second-order valence-electron chi connectivity index (χ2n) is 7.07. The third-order valence-corrected chi connectivity index (χ3v) is 4.91. The predicted molar refractivity (Wildman–Crippen MR) is 112 cm³/mol. The van der Waals surface area contributed by atoms with E-state index in [-0.39, 0.29) is 5.91 Å². The molecule has 1 aliphatic heterocycles. The van der Waals surface area contributed by atoms with Crippen LogP contribution in [0.2, 0.25) is 0 Å². The first kappa shape index (κ1) is 18.3. The minimum Gasteiger partial charge on any atom is -0.457 e. The van der Waals surface area contributed by atoms with Crippen molar-refractivity contribution < 1.29 is 9.53 Å². The number of hydrogen-bond acceptors (Lipinski definition) is 3. The van der Waals surface area contributed by atoms with Crippen molar-refractivity contribution in [3.63, 3.8) is 0 Å². The van der Waals surface area contributed by atoms with Crippen molar-refractivity contribution in [3.8, 4) is 11.5 Å². The maximum atomic E-state index is 12.5. The number of anilines is 1. The first-order chi connectivity index (χ1) is 13.8. The molecule has 1 amide bonds. The Balaban J connectivity index is 1.33. The van der Waals surface area contributed by atoms with Crippen LogP contribution in [0.5, 0.6) is 11.5 Å². The number of nitrogens with zero attached hydrogens (tertiary/aromatic N) is 1. The number of benzene rings is 3. The molecule has 1 fully saturated rings. The first-order valence-corrected chi connectivity index (χ1v) is 9.72. The molecule has 3 aromatic carbocycles. The van der Waals surface area contributed by atoms with Gasteiger partial charge in [-0.3, -0.25) is 9.69 Å². The fraction of sp³-hybridized carbons (Fsp3) is 0.208. The van der Waals surface area contributed by atoms with Crippen LogP contribution in [-0.4, -0.2) is 23.9 Å². The molecular weight excluding hydrogens is 348 g/mol. The van der Waals surface area contributed by atoms with E-state index in [2.05, 4.69) is 10.2 Å². The number of carbonyl (C=O) groups excluding carboxylic acids is 1. The second-order valence-corrected chi connectivity index (χ2v) is 7.07. The van der Waals surface area contributed by atoms with Gasteiger partial charge in [0, 0.05) is 17.8 Å². The molecule has 4 heteroatoms. The van der Waals surface area contributed by atoms with Crippen LogP contribution in [0.4, 0.5) is 5.69 Å². The Morgan fingerprint density at radius 2 is 1.46 bits per heavy atom. The van der Waals surface area contributed by atoms with E-state index in [0.717, 1.165) is 23.7 Å². The van der Waals surface area contributed by atoms with Gasteiger partial charge in [0.2, 0.25) is 0 Å². The van der Waals surface area contributed by atoms with Crippen molar-refractivity contribution >= 4 is 11.6 Å². The number of ether oxygens (including phenoxy) is 1. The summed E-state index contributed by atoms with van der Waals surface area (Å²) >= 11 is 0. The minimum atomic E-state index is -0.107. The molecule has 1 saturated heterocycles. The number of amides is 1. The molecule has 1 heterocycles. The Morgan fingerprint density at radius 1 is 0.821 bits per heavy atom. The molecule has 4 nitrogen and oxygen atoms in total. The lowest BCUT2D eigenvalue weighted by molar-refractivity contribution is 0.102. The largest absolute Gasteiger partial charge is 0.457 e. The van der Waals surface area contributed by atoms with Crippen molar-refractivity contribution in [2.45, 2.75) is 19.4 Å². The Morgan fingerprint density at radius 3 is 2.14 bits per heavy atom. The molecule has 0 radical (unpaired) electrons. The maximum Gasteiger partial charge on any atom is 0.255 e. The molecule has 4 rings (SSSR count). The van der Waals surface area contributed by atoms with Crippen molar-refractivity contribution in [3.05, 3.63) is 90.0 Å². The van der Waals surface area contributed by atoms with Crippen LogP contribution in [0.15, 0.2) is 78.9 Å². The highest BCUT2D eigenvalue weighted by atomic mass is 16.5. The van der Waals surface area contributed by atoms with Gasteiger partial charge < -0.3 is 10.1 Å². The molecule has 0 spiro atoms. The molecule has 142 valence electrons. The summed E-state index contributed by atoms with van der Waals surface area (Å²) < 4.78 is 5.77. The monoisotopic (exact) mass is 372 g/mol. The maximum absolute atomic E-state index is 12.5. The predicted octanol–water partition coefficient (Wildman–Crippen LogP) is 5.33. The fourth-order valence-corrected chi connectivity index (χ4v) is 3.39. The SMILES string of the molecule is O=C(Nc1ccc(Oc2ccccc2)cc1)c1ccc(CN2CCCC2)cc1. The van der Waals surface area contributed by atoms with E-state index in [0.29, 0.717) is 5.56 Å². The van der Waals surface area contributed by atoms with Crippen LogP contribution >= 0.6 is 0 Å². The highest BCUT2D eigenvalue weighted by Gasteiger charge is 2.12. The zero-order chi connectivity index (χ0) is 19.2. The molecule has 0 atom stereocenters. The Labute approximate surface area is 165 Å². The topological polar surface area (TPSA) is 41.6 Å². The van der Waals surface area contributed by atoms with Gasteiger partial charge in [-0.05, 0) is 80.0 Å². The summed E-state index contributed by atoms with van der Waals surface area (Å²) in [5, 5.41) is 2.94. The average Bonchev–Trinajstić information content (AvgIpc) is 3.24. The van der Waals surface area contributed by atoms with Crippen LogP contribution in [0, 0.1) is 0 Å². The van der Waals surface area contributed by atoms with Gasteiger partial charge in [0.25, 0.3) is 5.91 Å². The zero-order valence-corrected chi connectivity index (χ0v) is 15.8. The third-order valence-electron chi connectivity index (χ3n) is 4.91. The molecule has 0 bridgehead atoms. The molecule has 0 aromatic heterocycles. The molecule has 28 heavy (non-hydrogen) atoms. The first-order valence-electron chi connectivity index (χ1n) is 9.72. The van der Waals surface area contributed by atoms with Crippen LogP contribution in [0.25, 0.3) is 0 Å². The number of para-hydroxylation sites is 1. The molecule has 3 aromatic rings. The van der Waals surface area contributed by atoms with Gasteiger partial charge in [0.1, 0.15) is 11.5 Å². The van der Waals surface area contributed by atoms with Gasteiger partial charge in [0.15, 0.2) is 0 Å². The van der Waals surface area contributed by atoms with E-state index in [1.807, 2.05) is 78.9 Å². The molecule has 0 unspecified atom stereocenters. The highest BCUT2D eigenvalue weighted by Crippen LogP contribution is 2.23. The van der Waals surface area contributed by atoms with Gasteiger partial charge in [-0.1, -0.05) is 30.3 Å². The fourth-order valence-electron chi connectivity index (χ4n) is 3.39. The Hall–Kier alpha value is -3.11. The lowest BCUT2D eigenvalue weighted by atomic mass is 10.1. The van der Waals surface area contributed by atoms with E-state index < -0.39 is 0 Å². The summed E-state index contributed by atoms with van der Waals surface area (Å²) in [7, 11) is 0. The number of carbonyl (C=O) groups is 1. The number of nitrogens with one attached hydrogen (secondary N) is 1. The average molecular weight is 372 g/mol. The molecule has 0 aliphatic carbocycles. The van der Waals surface area contributed by atoms with Gasteiger partial charge in [-0.2, -0.15) is 0 Å². The summed E-state index contributed by atoms with van der Waals surface area (Å²) in [6.45, 7) is 3.31. The van der Waals surface area contributed by atoms with Gasteiger partial charge in [-0.25, -0.2) is 0 Å². The molecular formula is C24H24N2O2. The zero-order valence-electron chi connectivity index (χ0n) is 15.8. The quantitative estimate of drug-likeness (QED) is 0.636. The molecule has 1 N–H and O–H groups in total. The Bertz CT molecular complexity index is 900. The second kappa shape index (κ2) is 8.72. The summed E-state index contributed by atoms with van der Waals surface area (Å²) in [4.78, 5) is 14.9. The van der Waals surface area contributed by atoms with Crippen LogP contribution < -0.4 is 10.1 Å². The van der Waals surface area contributed by atoms with Crippen molar-refractivity contribution in [1.29, 1.82) is 0 Å². The summed E-state index contributed by atoms with van der Waals surface area (Å²) in [6.07, 6.45) is 2.57. The minimum absolute atomic E-state index is 0.107. The molecule has 1 aliphatic rings. The third kappa shape index (κ3) is 4.78. The lowest BCUT2D eigenvalue weighted by Crippen LogP contribution is -2.18. The number of likely N-dealkylation sites (tertiary alicyclic amines) is 1. The van der Waals surface area contributed by atoms with Gasteiger partial charge >= 0.3 is 0 Å².